The normalized spacial score (nSPS) is 21.1. The van der Waals surface area contributed by atoms with Gasteiger partial charge in [-0.25, -0.2) is 4.39 Å². The van der Waals surface area contributed by atoms with Crippen molar-refractivity contribution < 1.29 is 18.7 Å². The van der Waals surface area contributed by atoms with E-state index in [1.165, 1.54) is 12.1 Å². The first kappa shape index (κ1) is 19.7. The monoisotopic (exact) mass is 378 g/mol. The van der Waals surface area contributed by atoms with Crippen molar-refractivity contribution in [1.82, 2.24) is 15.1 Å². The van der Waals surface area contributed by atoms with E-state index in [1.807, 2.05) is 4.90 Å². The standard InChI is InChI=1S/C19H27FN4O3/c20-15-3-1-4-16(11-15)22-19(26)14-24-8-6-23(7-9-24)13-18(25)21-12-17-5-2-10-27-17/h1,3-4,11,17H,2,5-10,12-14H2,(H,21,25)(H,22,26)/t17-/m0/s1. The molecule has 0 aliphatic carbocycles. The molecule has 1 aromatic rings. The van der Waals surface area contributed by atoms with Gasteiger partial charge >= 0.3 is 0 Å². The average Bonchev–Trinajstić information content (AvgIpc) is 3.15. The predicted molar refractivity (Wildman–Crippen MR) is 99.9 cm³/mol. The number of benzene rings is 1. The Labute approximate surface area is 158 Å². The van der Waals surface area contributed by atoms with Crippen molar-refractivity contribution >= 4 is 17.5 Å². The van der Waals surface area contributed by atoms with E-state index in [9.17, 15) is 14.0 Å². The van der Waals surface area contributed by atoms with Gasteiger partial charge in [-0.1, -0.05) is 6.07 Å². The van der Waals surface area contributed by atoms with Crippen molar-refractivity contribution in [2.24, 2.45) is 0 Å². The molecule has 7 nitrogen and oxygen atoms in total. The van der Waals surface area contributed by atoms with E-state index in [0.29, 0.717) is 18.8 Å². The molecule has 0 saturated carbocycles. The Morgan fingerprint density at radius 2 is 1.81 bits per heavy atom. The van der Waals surface area contributed by atoms with Crippen molar-refractivity contribution in [3.05, 3.63) is 30.1 Å². The van der Waals surface area contributed by atoms with Crippen LogP contribution in [-0.2, 0) is 14.3 Å². The fraction of sp³-hybridized carbons (Fsp3) is 0.579. The number of hydrogen-bond acceptors (Lipinski definition) is 5. The minimum Gasteiger partial charge on any atom is -0.376 e. The molecule has 2 saturated heterocycles. The molecule has 2 aliphatic heterocycles. The SMILES string of the molecule is O=C(CN1CCN(CC(=O)Nc2cccc(F)c2)CC1)NC[C@@H]1CCCO1. The van der Waals surface area contributed by atoms with Crippen LogP contribution in [-0.4, -0.2) is 80.1 Å². The van der Waals surface area contributed by atoms with Gasteiger partial charge in [-0.15, -0.1) is 0 Å². The number of rotatable bonds is 7. The molecule has 0 radical (unpaired) electrons. The number of nitrogens with one attached hydrogen (secondary N) is 2. The van der Waals surface area contributed by atoms with Gasteiger partial charge in [-0.05, 0) is 31.0 Å². The highest BCUT2D eigenvalue weighted by molar-refractivity contribution is 5.92. The van der Waals surface area contributed by atoms with Crippen LogP contribution in [0.15, 0.2) is 24.3 Å². The molecule has 27 heavy (non-hydrogen) atoms. The van der Waals surface area contributed by atoms with Crippen molar-refractivity contribution in [2.45, 2.75) is 18.9 Å². The number of halogens is 1. The highest BCUT2D eigenvalue weighted by Gasteiger charge is 2.21. The van der Waals surface area contributed by atoms with Crippen LogP contribution in [0, 0.1) is 5.82 Å². The number of anilines is 1. The molecule has 2 heterocycles. The maximum atomic E-state index is 13.2. The average molecular weight is 378 g/mol. The van der Waals surface area contributed by atoms with E-state index in [0.717, 1.165) is 45.6 Å². The summed E-state index contributed by atoms with van der Waals surface area (Å²) in [4.78, 5) is 28.3. The number of nitrogens with zero attached hydrogens (tertiary/aromatic N) is 2. The number of hydrogen-bond donors (Lipinski definition) is 2. The summed E-state index contributed by atoms with van der Waals surface area (Å²) in [6.07, 6.45) is 2.23. The van der Waals surface area contributed by atoms with Crippen LogP contribution >= 0.6 is 0 Å². The Morgan fingerprint density at radius 3 is 2.44 bits per heavy atom. The van der Waals surface area contributed by atoms with Crippen LogP contribution in [0.2, 0.25) is 0 Å². The summed E-state index contributed by atoms with van der Waals surface area (Å²) < 4.78 is 18.7. The number of piperazine rings is 1. The Hall–Kier alpha value is -2.03. The first-order valence-corrected chi connectivity index (χ1v) is 9.47. The van der Waals surface area contributed by atoms with Crippen LogP contribution in [0.4, 0.5) is 10.1 Å². The molecule has 2 amide bonds. The third-order valence-electron chi connectivity index (χ3n) is 4.86. The van der Waals surface area contributed by atoms with Gasteiger partial charge in [0.15, 0.2) is 0 Å². The second kappa shape index (κ2) is 9.77. The first-order valence-electron chi connectivity index (χ1n) is 9.47. The maximum absolute atomic E-state index is 13.2. The van der Waals surface area contributed by atoms with Gasteiger partial charge in [0, 0.05) is 45.0 Å². The molecule has 2 N–H and O–H groups in total. The second-order valence-electron chi connectivity index (χ2n) is 7.05. The van der Waals surface area contributed by atoms with Crippen LogP contribution < -0.4 is 10.6 Å². The molecule has 2 fully saturated rings. The lowest BCUT2D eigenvalue weighted by Gasteiger charge is -2.33. The molecule has 3 rings (SSSR count). The van der Waals surface area contributed by atoms with E-state index in [4.69, 9.17) is 4.74 Å². The fourth-order valence-electron chi connectivity index (χ4n) is 3.37. The Morgan fingerprint density at radius 1 is 1.11 bits per heavy atom. The van der Waals surface area contributed by atoms with Crippen LogP contribution in [0.25, 0.3) is 0 Å². The second-order valence-corrected chi connectivity index (χ2v) is 7.05. The number of carbonyl (C=O) groups is 2. The van der Waals surface area contributed by atoms with Gasteiger partial charge in [0.2, 0.25) is 11.8 Å². The molecule has 0 aromatic heterocycles. The Balaban J connectivity index is 1.32. The van der Waals surface area contributed by atoms with E-state index in [2.05, 4.69) is 15.5 Å². The van der Waals surface area contributed by atoms with E-state index in [-0.39, 0.29) is 30.3 Å². The summed E-state index contributed by atoms with van der Waals surface area (Å²) >= 11 is 0. The Kier molecular flexibility index (Phi) is 7.14. The van der Waals surface area contributed by atoms with Gasteiger partial charge in [-0.2, -0.15) is 0 Å². The van der Waals surface area contributed by atoms with Gasteiger partial charge in [-0.3, -0.25) is 19.4 Å². The number of ether oxygens (including phenoxy) is 1. The molecular formula is C19H27FN4O3. The summed E-state index contributed by atoms with van der Waals surface area (Å²) in [6, 6.07) is 5.86. The predicted octanol–water partition coefficient (Wildman–Crippen LogP) is 0.677. The lowest BCUT2D eigenvalue weighted by atomic mass is 10.2. The highest BCUT2D eigenvalue weighted by atomic mass is 19.1. The Bertz CT molecular complexity index is 644. The smallest absolute Gasteiger partial charge is 0.238 e. The largest absolute Gasteiger partial charge is 0.376 e. The molecule has 1 atom stereocenters. The van der Waals surface area contributed by atoms with Gasteiger partial charge < -0.3 is 15.4 Å². The van der Waals surface area contributed by atoms with E-state index in [1.54, 1.807) is 12.1 Å². The highest BCUT2D eigenvalue weighted by Crippen LogP contribution is 2.11. The minimum atomic E-state index is -0.376. The van der Waals surface area contributed by atoms with Crippen LogP contribution in [0.1, 0.15) is 12.8 Å². The maximum Gasteiger partial charge on any atom is 0.238 e. The molecule has 0 bridgehead atoms. The van der Waals surface area contributed by atoms with Crippen molar-refractivity contribution in [3.63, 3.8) is 0 Å². The van der Waals surface area contributed by atoms with Gasteiger partial charge in [0.25, 0.3) is 0 Å². The zero-order valence-corrected chi connectivity index (χ0v) is 15.5. The number of carbonyl (C=O) groups excluding carboxylic acids is 2. The summed E-state index contributed by atoms with van der Waals surface area (Å²) in [5.74, 6) is -0.523. The molecule has 0 unspecified atom stereocenters. The van der Waals surface area contributed by atoms with Crippen molar-refractivity contribution in [1.29, 1.82) is 0 Å². The lowest BCUT2D eigenvalue weighted by molar-refractivity contribution is -0.124. The zero-order valence-electron chi connectivity index (χ0n) is 15.5. The third kappa shape index (κ3) is 6.57. The summed E-state index contributed by atoms with van der Waals surface area (Å²) in [7, 11) is 0. The summed E-state index contributed by atoms with van der Waals surface area (Å²) in [5, 5.41) is 5.64. The topological polar surface area (TPSA) is 73.9 Å². The first-order chi connectivity index (χ1) is 13.1. The molecule has 148 valence electrons. The van der Waals surface area contributed by atoms with Crippen LogP contribution in [0.3, 0.4) is 0 Å². The molecule has 1 aromatic carbocycles. The lowest BCUT2D eigenvalue weighted by Crippen LogP contribution is -2.51. The molecular weight excluding hydrogens is 351 g/mol. The van der Waals surface area contributed by atoms with Gasteiger partial charge in [0.1, 0.15) is 5.82 Å². The third-order valence-corrected chi connectivity index (χ3v) is 4.86. The quantitative estimate of drug-likeness (QED) is 0.730. The van der Waals surface area contributed by atoms with Crippen molar-refractivity contribution in [3.8, 4) is 0 Å². The molecule has 8 heteroatoms. The zero-order chi connectivity index (χ0) is 19.1. The van der Waals surface area contributed by atoms with E-state index < -0.39 is 0 Å². The number of amides is 2. The summed E-state index contributed by atoms with van der Waals surface area (Å²) in [6.45, 7) is 4.91. The molecule has 2 aliphatic rings. The minimum absolute atomic E-state index is 0.0165. The van der Waals surface area contributed by atoms with Crippen molar-refractivity contribution in [2.75, 3.05) is 57.7 Å². The fourth-order valence-corrected chi connectivity index (χ4v) is 3.37. The van der Waals surface area contributed by atoms with E-state index >= 15 is 0 Å². The summed E-state index contributed by atoms with van der Waals surface area (Å²) in [5.41, 5.74) is 0.460. The van der Waals surface area contributed by atoms with Crippen LogP contribution in [0.5, 0.6) is 0 Å². The molecule has 0 spiro atoms. The van der Waals surface area contributed by atoms with Gasteiger partial charge in [0.05, 0.1) is 19.2 Å².